The van der Waals surface area contributed by atoms with E-state index in [0.717, 1.165) is 52.7 Å². The van der Waals surface area contributed by atoms with Crippen LogP contribution in [0.2, 0.25) is 0 Å². The van der Waals surface area contributed by atoms with Crippen LogP contribution in [0.3, 0.4) is 0 Å². The summed E-state index contributed by atoms with van der Waals surface area (Å²) in [5.41, 5.74) is 3.50. The minimum absolute atomic E-state index is 0.0100. The van der Waals surface area contributed by atoms with Gasteiger partial charge in [-0.1, -0.05) is 45.4 Å². The van der Waals surface area contributed by atoms with Crippen LogP contribution < -0.4 is 5.32 Å². The second kappa shape index (κ2) is 8.29. The minimum Gasteiger partial charge on any atom is -0.460 e. The van der Waals surface area contributed by atoms with Crippen molar-refractivity contribution in [1.29, 1.82) is 0 Å². The molecule has 0 radical (unpaired) electrons. The zero-order valence-corrected chi connectivity index (χ0v) is 18.4. The van der Waals surface area contributed by atoms with E-state index in [2.05, 4.69) is 26.1 Å². The molecule has 4 rings (SSSR count). The van der Waals surface area contributed by atoms with Gasteiger partial charge in [-0.2, -0.15) is 0 Å². The maximum Gasteiger partial charge on any atom is 0.339 e. The van der Waals surface area contributed by atoms with Gasteiger partial charge in [-0.15, -0.1) is 0 Å². The molecule has 1 aromatic heterocycles. The monoisotopic (exact) mass is 423 g/mol. The maximum absolute atomic E-state index is 13.2. The molecule has 164 valence electrons. The van der Waals surface area contributed by atoms with Crippen molar-refractivity contribution in [2.45, 2.75) is 46.5 Å². The van der Waals surface area contributed by atoms with Gasteiger partial charge >= 0.3 is 12.0 Å². The third kappa shape index (κ3) is 4.01. The number of fused-ring (bicyclic) bond motifs is 2. The number of carbonyl (C=O) groups excluding carboxylic acids is 3. The Morgan fingerprint density at radius 1 is 1.29 bits per heavy atom. The van der Waals surface area contributed by atoms with Crippen LogP contribution in [0.1, 0.15) is 55.2 Å². The van der Waals surface area contributed by atoms with Gasteiger partial charge in [0.15, 0.2) is 0 Å². The van der Waals surface area contributed by atoms with Crippen molar-refractivity contribution in [3.63, 3.8) is 0 Å². The predicted molar refractivity (Wildman–Crippen MR) is 117 cm³/mol. The molecule has 7 nitrogen and oxygen atoms in total. The van der Waals surface area contributed by atoms with Crippen molar-refractivity contribution in [3.05, 3.63) is 41.1 Å². The van der Waals surface area contributed by atoms with E-state index in [4.69, 9.17) is 9.72 Å². The zero-order valence-electron chi connectivity index (χ0n) is 18.4. The Hall–Kier alpha value is -2.96. The van der Waals surface area contributed by atoms with Gasteiger partial charge in [-0.25, -0.2) is 9.59 Å². The standard InChI is InChI=1S/C24H29N3O4/c1-4-24(2,3)15-9-10-19-17(13-15)21(16-7-5-6-8-18(16)26-19)22(29)31-12-11-27-20(28)14-25-23(27)30/h5-8,15H,4,9-14H2,1-3H3,(H,25,30). The number of carbonyl (C=O) groups is 3. The van der Waals surface area contributed by atoms with Crippen LogP contribution in [0, 0.1) is 11.3 Å². The van der Waals surface area contributed by atoms with Crippen LogP contribution in [-0.2, 0) is 22.4 Å². The van der Waals surface area contributed by atoms with E-state index < -0.39 is 12.0 Å². The lowest BCUT2D eigenvalue weighted by Gasteiger charge is -2.37. The number of aromatic nitrogens is 1. The number of rotatable bonds is 6. The number of hydrogen-bond donors (Lipinski definition) is 1. The van der Waals surface area contributed by atoms with Gasteiger partial charge < -0.3 is 10.1 Å². The fourth-order valence-corrected chi connectivity index (χ4v) is 4.56. The molecule has 3 amide bonds. The molecule has 2 heterocycles. The summed E-state index contributed by atoms with van der Waals surface area (Å²) in [4.78, 5) is 42.6. The van der Waals surface area contributed by atoms with Crippen LogP contribution >= 0.6 is 0 Å². The molecule has 0 saturated carbocycles. The summed E-state index contributed by atoms with van der Waals surface area (Å²) >= 11 is 0. The number of nitrogens with one attached hydrogen (secondary N) is 1. The summed E-state index contributed by atoms with van der Waals surface area (Å²) in [6, 6.07) is 7.20. The number of ether oxygens (including phenoxy) is 1. The van der Waals surface area contributed by atoms with Gasteiger partial charge in [0, 0.05) is 11.1 Å². The molecule has 7 heteroatoms. The summed E-state index contributed by atoms with van der Waals surface area (Å²) in [6.07, 6.45) is 3.77. The first-order valence-corrected chi connectivity index (χ1v) is 11.0. The van der Waals surface area contributed by atoms with E-state index in [9.17, 15) is 14.4 Å². The highest BCUT2D eigenvalue weighted by Gasteiger charge is 2.35. The number of urea groups is 1. The van der Waals surface area contributed by atoms with Crippen molar-refractivity contribution < 1.29 is 19.1 Å². The van der Waals surface area contributed by atoms with Crippen LogP contribution in [0.5, 0.6) is 0 Å². The average molecular weight is 424 g/mol. The molecule has 1 unspecified atom stereocenters. The number of pyridine rings is 1. The summed E-state index contributed by atoms with van der Waals surface area (Å²) in [7, 11) is 0. The molecule has 2 aromatic rings. The first-order valence-electron chi connectivity index (χ1n) is 11.0. The summed E-state index contributed by atoms with van der Waals surface area (Å²) < 4.78 is 5.57. The van der Waals surface area contributed by atoms with Crippen LogP contribution in [0.15, 0.2) is 24.3 Å². The normalized spacial score (nSPS) is 18.8. The van der Waals surface area contributed by atoms with Gasteiger partial charge in [-0.05, 0) is 42.2 Å². The highest BCUT2D eigenvalue weighted by molar-refractivity contribution is 6.05. The summed E-state index contributed by atoms with van der Waals surface area (Å²) in [5.74, 6) is -0.264. The number of aryl methyl sites for hydroxylation is 1. The highest BCUT2D eigenvalue weighted by atomic mass is 16.5. The van der Waals surface area contributed by atoms with E-state index in [1.165, 1.54) is 0 Å². The van der Waals surface area contributed by atoms with Gasteiger partial charge in [0.25, 0.3) is 0 Å². The van der Waals surface area contributed by atoms with Gasteiger partial charge in [0.1, 0.15) is 6.61 Å². The van der Waals surface area contributed by atoms with Crippen molar-refractivity contribution in [3.8, 4) is 0 Å². The van der Waals surface area contributed by atoms with E-state index in [-0.39, 0.29) is 31.0 Å². The smallest absolute Gasteiger partial charge is 0.339 e. The number of esters is 1. The maximum atomic E-state index is 13.2. The second-order valence-electron chi connectivity index (χ2n) is 9.05. The third-order valence-electron chi connectivity index (χ3n) is 6.96. The number of imide groups is 1. The zero-order chi connectivity index (χ0) is 22.2. The lowest BCUT2D eigenvalue weighted by Crippen LogP contribution is -2.34. The number of nitrogens with zero attached hydrogens (tertiary/aromatic N) is 2. The minimum atomic E-state index is -0.447. The molecule has 1 aliphatic carbocycles. The Bertz CT molecular complexity index is 1030. The number of amides is 3. The van der Waals surface area contributed by atoms with Crippen molar-refractivity contribution >= 4 is 28.8 Å². The first kappa shape index (κ1) is 21.3. The highest BCUT2D eigenvalue weighted by Crippen LogP contribution is 2.41. The first-order chi connectivity index (χ1) is 14.8. The number of para-hydroxylation sites is 1. The van der Waals surface area contributed by atoms with Crippen LogP contribution in [0.25, 0.3) is 10.9 Å². The fourth-order valence-electron chi connectivity index (χ4n) is 4.56. The molecule has 1 fully saturated rings. The molecule has 31 heavy (non-hydrogen) atoms. The third-order valence-corrected chi connectivity index (χ3v) is 6.96. The number of hydrogen-bond acceptors (Lipinski definition) is 5. The topological polar surface area (TPSA) is 88.6 Å². The summed E-state index contributed by atoms with van der Waals surface area (Å²) in [5, 5.41) is 3.26. The Morgan fingerprint density at radius 3 is 2.77 bits per heavy atom. The number of benzene rings is 1. The molecular formula is C24H29N3O4. The Kier molecular flexibility index (Phi) is 5.69. The van der Waals surface area contributed by atoms with Crippen molar-refractivity contribution in [2.24, 2.45) is 11.3 Å². The second-order valence-corrected chi connectivity index (χ2v) is 9.05. The molecule has 1 N–H and O–H groups in total. The largest absolute Gasteiger partial charge is 0.460 e. The molecule has 1 saturated heterocycles. The van der Waals surface area contributed by atoms with Gasteiger partial charge in [0.05, 0.1) is 24.2 Å². The fraction of sp³-hybridized carbons (Fsp3) is 0.500. The molecule has 0 bridgehead atoms. The molecule has 1 atom stereocenters. The van der Waals surface area contributed by atoms with E-state index in [1.54, 1.807) is 0 Å². The molecular weight excluding hydrogens is 394 g/mol. The van der Waals surface area contributed by atoms with Crippen LogP contribution in [0.4, 0.5) is 4.79 Å². The Balaban J connectivity index is 1.63. The Labute approximate surface area is 182 Å². The van der Waals surface area contributed by atoms with Crippen LogP contribution in [-0.4, -0.2) is 47.5 Å². The van der Waals surface area contributed by atoms with Crippen molar-refractivity contribution in [1.82, 2.24) is 15.2 Å². The van der Waals surface area contributed by atoms with E-state index >= 15 is 0 Å². The van der Waals surface area contributed by atoms with E-state index in [1.807, 2.05) is 24.3 Å². The average Bonchev–Trinajstić information content (AvgIpc) is 3.09. The SMILES string of the molecule is CCC(C)(C)C1CCc2nc3ccccc3c(C(=O)OCCN3C(=O)CNC3=O)c2C1. The molecule has 1 aliphatic heterocycles. The lowest BCUT2D eigenvalue weighted by molar-refractivity contribution is -0.125. The molecule has 2 aliphatic rings. The predicted octanol–water partition coefficient (Wildman–Crippen LogP) is 3.48. The van der Waals surface area contributed by atoms with Gasteiger partial charge in [0.2, 0.25) is 5.91 Å². The Morgan fingerprint density at radius 2 is 2.06 bits per heavy atom. The summed E-state index contributed by atoms with van der Waals surface area (Å²) in [6.45, 7) is 6.78. The van der Waals surface area contributed by atoms with E-state index in [0.29, 0.717) is 11.5 Å². The van der Waals surface area contributed by atoms with Crippen molar-refractivity contribution in [2.75, 3.05) is 19.7 Å². The lowest BCUT2D eigenvalue weighted by atomic mass is 9.68. The quantitative estimate of drug-likeness (QED) is 0.568. The van der Waals surface area contributed by atoms with Gasteiger partial charge in [-0.3, -0.25) is 14.7 Å². The molecule has 1 aromatic carbocycles. The molecule has 0 spiro atoms.